The highest BCUT2D eigenvalue weighted by molar-refractivity contribution is 6.76. The molecule has 1 saturated heterocycles. The number of hydrogen-bond acceptors (Lipinski definition) is 2. The van der Waals surface area contributed by atoms with Gasteiger partial charge in [-0.1, -0.05) is 34.8 Å². The predicted molar refractivity (Wildman–Crippen MR) is 54.3 cm³/mol. The van der Waals surface area contributed by atoms with Crippen molar-refractivity contribution in [1.82, 2.24) is 10.2 Å². The van der Waals surface area contributed by atoms with E-state index in [0.717, 1.165) is 13.1 Å². The maximum absolute atomic E-state index is 11.5. The summed E-state index contributed by atoms with van der Waals surface area (Å²) in [4.78, 5) is 13.1. The average Bonchev–Trinajstić information content (AvgIpc) is 2.02. The average molecular weight is 246 g/mol. The van der Waals surface area contributed by atoms with Gasteiger partial charge in [-0.2, -0.15) is 0 Å². The molecule has 0 saturated carbocycles. The molecule has 0 aromatic carbocycles. The molecule has 1 aliphatic rings. The van der Waals surface area contributed by atoms with Crippen LogP contribution in [0, 0.1) is 0 Å². The molecule has 76 valence electrons. The van der Waals surface area contributed by atoms with E-state index < -0.39 is 9.70 Å². The lowest BCUT2D eigenvalue weighted by Gasteiger charge is -2.35. The van der Waals surface area contributed by atoms with Crippen LogP contribution < -0.4 is 5.32 Å². The smallest absolute Gasteiger partial charge is 0.275 e. The van der Waals surface area contributed by atoms with E-state index in [1.165, 1.54) is 0 Å². The molecule has 13 heavy (non-hydrogen) atoms. The summed E-state index contributed by atoms with van der Waals surface area (Å²) in [5.41, 5.74) is 0. The Kier molecular flexibility index (Phi) is 3.69. The highest BCUT2D eigenvalue weighted by Gasteiger charge is 2.37. The van der Waals surface area contributed by atoms with E-state index in [2.05, 4.69) is 5.32 Å². The molecule has 0 aromatic heterocycles. The largest absolute Gasteiger partial charge is 0.334 e. The summed E-state index contributed by atoms with van der Waals surface area (Å²) < 4.78 is -1.83. The molecular weight excluding hydrogens is 234 g/mol. The topological polar surface area (TPSA) is 32.3 Å². The van der Waals surface area contributed by atoms with Crippen LogP contribution in [-0.4, -0.2) is 40.3 Å². The minimum atomic E-state index is -1.83. The number of hydrogen-bond donors (Lipinski definition) is 1. The first-order chi connectivity index (χ1) is 5.93. The predicted octanol–water partition coefficient (Wildman–Crippen LogP) is 1.18. The van der Waals surface area contributed by atoms with Crippen molar-refractivity contribution >= 4 is 40.7 Å². The number of nitrogens with one attached hydrogen (secondary N) is 1. The number of alkyl halides is 3. The normalized spacial score (nSPS) is 24.6. The van der Waals surface area contributed by atoms with Crippen molar-refractivity contribution < 1.29 is 4.79 Å². The number of halogens is 3. The maximum atomic E-state index is 11.5. The van der Waals surface area contributed by atoms with E-state index >= 15 is 0 Å². The van der Waals surface area contributed by atoms with Crippen LogP contribution in [0.1, 0.15) is 6.92 Å². The summed E-state index contributed by atoms with van der Waals surface area (Å²) in [6.07, 6.45) is 0. The molecule has 1 heterocycles. The van der Waals surface area contributed by atoms with Crippen molar-refractivity contribution in [2.24, 2.45) is 0 Å². The molecular formula is C7H11Cl3N2O. The number of amides is 1. The van der Waals surface area contributed by atoms with E-state index in [4.69, 9.17) is 34.8 Å². The minimum absolute atomic E-state index is 0.0804. The van der Waals surface area contributed by atoms with Crippen LogP contribution in [0.4, 0.5) is 0 Å². The second-order valence-electron chi connectivity index (χ2n) is 3.05. The molecule has 3 nitrogen and oxygen atoms in total. The molecule has 1 fully saturated rings. The summed E-state index contributed by atoms with van der Waals surface area (Å²) >= 11 is 16.5. The molecule has 1 unspecified atom stereocenters. The maximum Gasteiger partial charge on any atom is 0.275 e. The van der Waals surface area contributed by atoms with Crippen LogP contribution in [-0.2, 0) is 4.79 Å². The van der Waals surface area contributed by atoms with Gasteiger partial charge in [0, 0.05) is 25.7 Å². The molecule has 1 amide bonds. The Morgan fingerprint density at radius 3 is 2.62 bits per heavy atom. The molecule has 0 spiro atoms. The molecule has 1 aliphatic heterocycles. The Balaban J connectivity index is 2.64. The van der Waals surface area contributed by atoms with Gasteiger partial charge in [0.05, 0.1) is 0 Å². The fourth-order valence-electron chi connectivity index (χ4n) is 1.31. The zero-order valence-electron chi connectivity index (χ0n) is 7.19. The zero-order valence-corrected chi connectivity index (χ0v) is 9.46. The van der Waals surface area contributed by atoms with Crippen LogP contribution >= 0.6 is 34.8 Å². The van der Waals surface area contributed by atoms with E-state index in [9.17, 15) is 4.79 Å². The molecule has 0 aromatic rings. The van der Waals surface area contributed by atoms with Gasteiger partial charge in [0.2, 0.25) is 0 Å². The lowest BCUT2D eigenvalue weighted by Crippen LogP contribution is -2.55. The standard InChI is InChI=1S/C7H11Cl3N2O/c1-5-4-11-2-3-12(5)6(13)7(8,9)10/h5,11H,2-4H2,1H3. The number of nitrogens with zero attached hydrogens (tertiary/aromatic N) is 1. The van der Waals surface area contributed by atoms with E-state index in [1.54, 1.807) is 4.90 Å². The molecule has 0 aliphatic carbocycles. The van der Waals surface area contributed by atoms with Crippen molar-refractivity contribution in [3.05, 3.63) is 0 Å². The van der Waals surface area contributed by atoms with Crippen molar-refractivity contribution in [2.75, 3.05) is 19.6 Å². The van der Waals surface area contributed by atoms with E-state index in [0.29, 0.717) is 6.54 Å². The number of rotatable bonds is 0. The van der Waals surface area contributed by atoms with Crippen molar-refractivity contribution in [2.45, 2.75) is 16.8 Å². The van der Waals surface area contributed by atoms with Crippen molar-refractivity contribution in [3.63, 3.8) is 0 Å². The van der Waals surface area contributed by atoms with Gasteiger partial charge in [0.25, 0.3) is 9.70 Å². The van der Waals surface area contributed by atoms with Gasteiger partial charge in [-0.25, -0.2) is 0 Å². The van der Waals surface area contributed by atoms with Crippen molar-refractivity contribution in [3.8, 4) is 0 Å². The van der Waals surface area contributed by atoms with Gasteiger partial charge < -0.3 is 10.2 Å². The third-order valence-corrected chi connectivity index (χ3v) is 2.49. The van der Waals surface area contributed by atoms with Gasteiger partial charge in [0.15, 0.2) is 0 Å². The van der Waals surface area contributed by atoms with Crippen LogP contribution in [0.3, 0.4) is 0 Å². The Hall–Kier alpha value is 0.300. The Morgan fingerprint density at radius 1 is 1.54 bits per heavy atom. The summed E-state index contributed by atoms with van der Waals surface area (Å²) in [7, 11) is 0. The fraction of sp³-hybridized carbons (Fsp3) is 0.857. The number of carbonyl (C=O) groups excluding carboxylic acids is 1. The van der Waals surface area contributed by atoms with Gasteiger partial charge in [-0.3, -0.25) is 4.79 Å². The van der Waals surface area contributed by atoms with Crippen LogP contribution in [0.15, 0.2) is 0 Å². The van der Waals surface area contributed by atoms with Crippen molar-refractivity contribution in [1.29, 1.82) is 0 Å². The van der Waals surface area contributed by atoms with E-state index in [1.807, 2.05) is 6.92 Å². The monoisotopic (exact) mass is 244 g/mol. The van der Waals surface area contributed by atoms with E-state index in [-0.39, 0.29) is 6.04 Å². The van der Waals surface area contributed by atoms with Gasteiger partial charge >= 0.3 is 0 Å². The first kappa shape index (κ1) is 11.4. The second kappa shape index (κ2) is 4.22. The minimum Gasteiger partial charge on any atom is -0.334 e. The Bertz CT molecular complexity index is 204. The number of carbonyl (C=O) groups is 1. The van der Waals surface area contributed by atoms with Crippen LogP contribution in [0.5, 0.6) is 0 Å². The molecule has 1 N–H and O–H groups in total. The first-order valence-electron chi connectivity index (χ1n) is 4.01. The summed E-state index contributed by atoms with van der Waals surface area (Å²) in [6, 6.07) is 0.0804. The highest BCUT2D eigenvalue weighted by atomic mass is 35.6. The third kappa shape index (κ3) is 2.88. The fourth-order valence-corrected chi connectivity index (χ4v) is 1.63. The molecule has 0 radical (unpaired) electrons. The molecule has 1 rings (SSSR count). The quantitative estimate of drug-likeness (QED) is 0.650. The van der Waals surface area contributed by atoms with Gasteiger partial charge in [0.1, 0.15) is 0 Å². The third-order valence-electron chi connectivity index (χ3n) is 2.00. The Morgan fingerprint density at radius 2 is 2.15 bits per heavy atom. The molecule has 0 bridgehead atoms. The summed E-state index contributed by atoms with van der Waals surface area (Å²) in [5, 5.41) is 3.15. The summed E-state index contributed by atoms with van der Waals surface area (Å²) in [6.45, 7) is 4.00. The van der Waals surface area contributed by atoms with Crippen LogP contribution in [0.25, 0.3) is 0 Å². The SMILES string of the molecule is CC1CNCCN1C(=O)C(Cl)(Cl)Cl. The zero-order chi connectivity index (χ0) is 10.1. The Labute approximate surface area is 92.3 Å². The lowest BCUT2D eigenvalue weighted by molar-refractivity contribution is -0.132. The van der Waals surface area contributed by atoms with Gasteiger partial charge in [-0.15, -0.1) is 0 Å². The lowest BCUT2D eigenvalue weighted by atomic mass is 10.2. The molecule has 6 heteroatoms. The first-order valence-corrected chi connectivity index (χ1v) is 5.15. The molecule has 1 atom stereocenters. The number of piperazine rings is 1. The highest BCUT2D eigenvalue weighted by Crippen LogP contribution is 2.29. The van der Waals surface area contributed by atoms with Gasteiger partial charge in [-0.05, 0) is 6.92 Å². The summed E-state index contributed by atoms with van der Waals surface area (Å²) in [5.74, 6) is -0.438. The van der Waals surface area contributed by atoms with Crippen LogP contribution in [0.2, 0.25) is 0 Å². The second-order valence-corrected chi connectivity index (χ2v) is 5.33.